The van der Waals surface area contributed by atoms with Gasteiger partial charge in [0, 0.05) is 20.2 Å². The van der Waals surface area contributed by atoms with E-state index in [0.29, 0.717) is 12.0 Å². The molecule has 18 heavy (non-hydrogen) atoms. The van der Waals surface area contributed by atoms with E-state index in [1.54, 1.807) is 7.11 Å². The topological polar surface area (TPSA) is 21.3 Å². The molecule has 0 unspecified atom stereocenters. The Balaban J connectivity index is 1.49. The van der Waals surface area contributed by atoms with Crippen LogP contribution in [0.25, 0.3) is 0 Å². The van der Waals surface area contributed by atoms with Crippen LogP contribution < -0.4 is 5.32 Å². The minimum absolute atomic E-state index is 0.699. The summed E-state index contributed by atoms with van der Waals surface area (Å²) in [5, 5.41) is 3.65. The second-order valence-electron chi connectivity index (χ2n) is 5.99. The lowest BCUT2D eigenvalue weighted by Gasteiger charge is -2.15. The molecule has 0 radical (unpaired) electrons. The molecule has 0 heterocycles. The van der Waals surface area contributed by atoms with Crippen molar-refractivity contribution in [2.75, 3.05) is 13.7 Å². The molecule has 1 N–H and O–H groups in total. The molecule has 0 saturated heterocycles. The second kappa shape index (κ2) is 5.02. The van der Waals surface area contributed by atoms with E-state index in [-0.39, 0.29) is 0 Å². The van der Waals surface area contributed by atoms with Crippen molar-refractivity contribution >= 4 is 0 Å². The molecular weight excluding hydrogens is 222 g/mol. The van der Waals surface area contributed by atoms with E-state index in [2.05, 4.69) is 29.6 Å². The molecular formula is C16H23NO. The Labute approximate surface area is 110 Å². The first kappa shape index (κ1) is 12.2. The fourth-order valence-electron chi connectivity index (χ4n) is 3.04. The van der Waals surface area contributed by atoms with Crippen molar-refractivity contribution in [1.82, 2.24) is 5.32 Å². The standard InChI is InChI=1S/C16H23NO/c1-18-11-14-4-2-3-13(9-14)10-17-12-16(7-8-16)15-5-6-15/h2-4,9,15,17H,5-8,10-12H2,1H3. The lowest BCUT2D eigenvalue weighted by atomic mass is 10.0. The Morgan fingerprint density at radius 1 is 1.28 bits per heavy atom. The Morgan fingerprint density at radius 2 is 2.06 bits per heavy atom. The molecule has 0 atom stereocenters. The van der Waals surface area contributed by atoms with Crippen LogP contribution in [0.5, 0.6) is 0 Å². The average molecular weight is 245 g/mol. The number of ether oxygens (including phenoxy) is 1. The number of nitrogens with one attached hydrogen (secondary N) is 1. The Hall–Kier alpha value is -0.860. The first-order valence-electron chi connectivity index (χ1n) is 7.10. The van der Waals surface area contributed by atoms with E-state index in [9.17, 15) is 0 Å². The van der Waals surface area contributed by atoms with E-state index in [1.807, 2.05) is 0 Å². The summed E-state index contributed by atoms with van der Waals surface area (Å²) in [7, 11) is 1.75. The van der Waals surface area contributed by atoms with Gasteiger partial charge in [0.1, 0.15) is 0 Å². The van der Waals surface area contributed by atoms with E-state index in [1.165, 1.54) is 43.4 Å². The van der Waals surface area contributed by atoms with Gasteiger partial charge in [-0.25, -0.2) is 0 Å². The molecule has 1 aromatic carbocycles. The largest absolute Gasteiger partial charge is 0.380 e. The minimum atomic E-state index is 0.699. The van der Waals surface area contributed by atoms with E-state index in [0.717, 1.165) is 12.5 Å². The van der Waals surface area contributed by atoms with Crippen LogP contribution in [0.2, 0.25) is 0 Å². The van der Waals surface area contributed by atoms with Gasteiger partial charge >= 0.3 is 0 Å². The van der Waals surface area contributed by atoms with Crippen LogP contribution in [0.3, 0.4) is 0 Å². The van der Waals surface area contributed by atoms with Crippen LogP contribution in [-0.2, 0) is 17.9 Å². The van der Waals surface area contributed by atoms with Crippen molar-refractivity contribution < 1.29 is 4.74 Å². The van der Waals surface area contributed by atoms with Crippen LogP contribution in [0.1, 0.15) is 36.8 Å². The van der Waals surface area contributed by atoms with Gasteiger partial charge in [0.2, 0.25) is 0 Å². The van der Waals surface area contributed by atoms with Gasteiger partial charge in [-0.05, 0) is 48.1 Å². The average Bonchev–Trinajstić information content (AvgIpc) is 3.24. The van der Waals surface area contributed by atoms with Gasteiger partial charge in [-0.1, -0.05) is 24.3 Å². The van der Waals surface area contributed by atoms with Crippen LogP contribution in [0.15, 0.2) is 24.3 Å². The van der Waals surface area contributed by atoms with Crippen LogP contribution in [0.4, 0.5) is 0 Å². The summed E-state index contributed by atoms with van der Waals surface area (Å²) in [6, 6.07) is 8.69. The molecule has 2 saturated carbocycles. The SMILES string of the molecule is COCc1cccc(CNCC2(C3CC3)CC2)c1. The Kier molecular flexibility index (Phi) is 3.40. The molecule has 1 aromatic rings. The molecule has 2 nitrogen and oxygen atoms in total. The zero-order valence-corrected chi connectivity index (χ0v) is 11.2. The molecule has 2 aliphatic rings. The zero-order chi connectivity index (χ0) is 12.4. The molecule has 98 valence electrons. The molecule has 2 heteroatoms. The lowest BCUT2D eigenvalue weighted by molar-refractivity contribution is 0.185. The van der Waals surface area contributed by atoms with Crippen molar-refractivity contribution in [1.29, 1.82) is 0 Å². The van der Waals surface area contributed by atoms with Crippen LogP contribution in [-0.4, -0.2) is 13.7 Å². The Morgan fingerprint density at radius 3 is 2.72 bits per heavy atom. The predicted molar refractivity (Wildman–Crippen MR) is 73.3 cm³/mol. The maximum absolute atomic E-state index is 5.17. The van der Waals surface area contributed by atoms with Crippen molar-refractivity contribution in [3.8, 4) is 0 Å². The van der Waals surface area contributed by atoms with Crippen molar-refractivity contribution in [2.24, 2.45) is 11.3 Å². The number of benzene rings is 1. The highest BCUT2D eigenvalue weighted by Gasteiger charge is 2.53. The highest BCUT2D eigenvalue weighted by molar-refractivity contribution is 5.23. The van der Waals surface area contributed by atoms with Gasteiger partial charge in [0.15, 0.2) is 0 Å². The quantitative estimate of drug-likeness (QED) is 0.797. The third-order valence-corrected chi connectivity index (χ3v) is 4.44. The van der Waals surface area contributed by atoms with Gasteiger partial charge in [-0.2, -0.15) is 0 Å². The molecule has 2 fully saturated rings. The van der Waals surface area contributed by atoms with E-state index >= 15 is 0 Å². The van der Waals surface area contributed by atoms with Crippen molar-refractivity contribution in [2.45, 2.75) is 38.8 Å². The number of hydrogen-bond acceptors (Lipinski definition) is 2. The summed E-state index contributed by atoms with van der Waals surface area (Å²) in [4.78, 5) is 0. The number of methoxy groups -OCH3 is 1. The molecule has 0 spiro atoms. The summed E-state index contributed by atoms with van der Waals surface area (Å²) >= 11 is 0. The number of rotatable bonds is 7. The molecule has 0 amide bonds. The smallest absolute Gasteiger partial charge is 0.0713 e. The van der Waals surface area contributed by atoms with E-state index in [4.69, 9.17) is 4.74 Å². The van der Waals surface area contributed by atoms with Crippen LogP contribution >= 0.6 is 0 Å². The summed E-state index contributed by atoms with van der Waals surface area (Å²) in [6.07, 6.45) is 5.86. The maximum atomic E-state index is 5.17. The van der Waals surface area contributed by atoms with Crippen LogP contribution in [0, 0.1) is 11.3 Å². The molecule has 2 aliphatic carbocycles. The monoisotopic (exact) mass is 245 g/mol. The lowest BCUT2D eigenvalue weighted by Crippen LogP contribution is -2.25. The third-order valence-electron chi connectivity index (χ3n) is 4.44. The summed E-state index contributed by atoms with van der Waals surface area (Å²) in [5.41, 5.74) is 3.33. The van der Waals surface area contributed by atoms with Gasteiger partial charge in [-0.15, -0.1) is 0 Å². The van der Waals surface area contributed by atoms with Gasteiger partial charge in [0.25, 0.3) is 0 Å². The highest BCUT2D eigenvalue weighted by atomic mass is 16.5. The van der Waals surface area contributed by atoms with Gasteiger partial charge in [0.05, 0.1) is 6.61 Å². The molecule has 3 rings (SSSR count). The summed E-state index contributed by atoms with van der Waals surface area (Å²) in [5.74, 6) is 1.05. The fraction of sp³-hybridized carbons (Fsp3) is 0.625. The van der Waals surface area contributed by atoms with Crippen molar-refractivity contribution in [3.63, 3.8) is 0 Å². The molecule has 0 bridgehead atoms. The third kappa shape index (κ3) is 2.76. The maximum Gasteiger partial charge on any atom is 0.0713 e. The summed E-state index contributed by atoms with van der Waals surface area (Å²) in [6.45, 7) is 2.91. The normalized spacial score (nSPS) is 20.9. The highest BCUT2D eigenvalue weighted by Crippen LogP contribution is 2.60. The first-order valence-corrected chi connectivity index (χ1v) is 7.10. The van der Waals surface area contributed by atoms with Gasteiger partial charge < -0.3 is 10.1 Å². The van der Waals surface area contributed by atoms with Crippen molar-refractivity contribution in [3.05, 3.63) is 35.4 Å². The van der Waals surface area contributed by atoms with E-state index < -0.39 is 0 Å². The summed E-state index contributed by atoms with van der Waals surface area (Å²) < 4.78 is 5.17. The second-order valence-corrected chi connectivity index (χ2v) is 5.99. The fourth-order valence-corrected chi connectivity index (χ4v) is 3.04. The predicted octanol–water partition coefficient (Wildman–Crippen LogP) is 3.11. The zero-order valence-electron chi connectivity index (χ0n) is 11.2. The number of hydrogen-bond donors (Lipinski definition) is 1. The Bertz CT molecular complexity index is 407. The van der Waals surface area contributed by atoms with Gasteiger partial charge in [-0.3, -0.25) is 0 Å². The first-order chi connectivity index (χ1) is 8.82. The minimum Gasteiger partial charge on any atom is -0.380 e. The molecule has 0 aliphatic heterocycles. The molecule has 0 aromatic heterocycles.